The van der Waals surface area contributed by atoms with Crippen LogP contribution in [0.4, 0.5) is 0 Å². The van der Waals surface area contributed by atoms with Crippen molar-refractivity contribution < 1.29 is 9.47 Å². The summed E-state index contributed by atoms with van der Waals surface area (Å²) in [5.41, 5.74) is 3.82. The maximum Gasteiger partial charge on any atom is 0.122 e. The third-order valence-electron chi connectivity index (χ3n) is 3.25. The average molecular weight is 265 g/mol. The van der Waals surface area contributed by atoms with Crippen LogP contribution in [0.25, 0.3) is 0 Å². The Hall–Kier alpha value is -1.06. The largest absolute Gasteiger partial charge is 0.493 e. The summed E-state index contributed by atoms with van der Waals surface area (Å²) >= 11 is 0. The molecule has 1 N–H and O–H groups in total. The minimum Gasteiger partial charge on any atom is -0.493 e. The van der Waals surface area contributed by atoms with E-state index < -0.39 is 0 Å². The summed E-state index contributed by atoms with van der Waals surface area (Å²) in [4.78, 5) is 0. The summed E-state index contributed by atoms with van der Waals surface area (Å²) in [5, 5.41) is 3.33. The molecule has 0 saturated carbocycles. The normalized spacial score (nSPS) is 10.7. The van der Waals surface area contributed by atoms with Gasteiger partial charge in [0.15, 0.2) is 0 Å². The molecule has 0 unspecified atom stereocenters. The first-order chi connectivity index (χ1) is 9.15. The number of hydrogen-bond acceptors (Lipinski definition) is 3. The minimum absolute atomic E-state index is 0.776. The number of ether oxygens (including phenoxy) is 2. The molecule has 1 aromatic carbocycles. The molecule has 108 valence electrons. The summed E-state index contributed by atoms with van der Waals surface area (Å²) < 4.78 is 10.8. The number of unbranched alkanes of at least 4 members (excludes halogenated alkanes) is 1. The van der Waals surface area contributed by atoms with Crippen LogP contribution in [0.15, 0.2) is 12.1 Å². The van der Waals surface area contributed by atoms with Crippen molar-refractivity contribution in [3.05, 3.63) is 28.8 Å². The molecule has 0 aliphatic heterocycles. The van der Waals surface area contributed by atoms with Gasteiger partial charge in [-0.1, -0.05) is 6.07 Å². The Kier molecular flexibility index (Phi) is 7.53. The summed E-state index contributed by atoms with van der Waals surface area (Å²) in [6.45, 7) is 9.88. The van der Waals surface area contributed by atoms with Gasteiger partial charge in [0, 0.05) is 13.7 Å². The highest BCUT2D eigenvalue weighted by atomic mass is 16.5. The number of rotatable bonds is 9. The van der Waals surface area contributed by atoms with E-state index in [4.69, 9.17) is 9.47 Å². The van der Waals surface area contributed by atoms with Gasteiger partial charge in [0.1, 0.15) is 5.75 Å². The van der Waals surface area contributed by atoms with Gasteiger partial charge in [-0.25, -0.2) is 0 Å². The van der Waals surface area contributed by atoms with Crippen LogP contribution in [0.5, 0.6) is 5.75 Å². The number of methoxy groups -OCH3 is 1. The molecule has 19 heavy (non-hydrogen) atoms. The fraction of sp³-hybridized carbons (Fsp3) is 0.625. The molecule has 0 atom stereocenters. The molecule has 0 aliphatic rings. The van der Waals surface area contributed by atoms with E-state index in [2.05, 4.69) is 38.2 Å². The molecule has 0 amide bonds. The summed E-state index contributed by atoms with van der Waals surface area (Å²) in [5.74, 6) is 1.03. The van der Waals surface area contributed by atoms with E-state index in [9.17, 15) is 0 Å². The molecule has 3 nitrogen and oxygen atoms in total. The average Bonchev–Trinajstić information content (AvgIpc) is 2.38. The van der Waals surface area contributed by atoms with Crippen molar-refractivity contribution in [3.63, 3.8) is 0 Å². The molecular formula is C16H27NO2. The van der Waals surface area contributed by atoms with E-state index in [0.29, 0.717) is 0 Å². The van der Waals surface area contributed by atoms with Crippen molar-refractivity contribution in [2.24, 2.45) is 0 Å². The second kappa shape index (κ2) is 8.94. The van der Waals surface area contributed by atoms with Crippen molar-refractivity contribution in [3.8, 4) is 5.75 Å². The Bertz CT molecular complexity index is 377. The van der Waals surface area contributed by atoms with E-state index >= 15 is 0 Å². The van der Waals surface area contributed by atoms with Gasteiger partial charge in [-0.3, -0.25) is 0 Å². The van der Waals surface area contributed by atoms with Gasteiger partial charge in [0.25, 0.3) is 0 Å². The van der Waals surface area contributed by atoms with Crippen LogP contribution in [-0.4, -0.2) is 33.4 Å². The van der Waals surface area contributed by atoms with Gasteiger partial charge < -0.3 is 14.8 Å². The van der Waals surface area contributed by atoms with Crippen molar-refractivity contribution in [2.75, 3.05) is 33.4 Å². The van der Waals surface area contributed by atoms with Crippen molar-refractivity contribution >= 4 is 0 Å². The van der Waals surface area contributed by atoms with Gasteiger partial charge in [-0.15, -0.1) is 0 Å². The molecule has 0 bridgehead atoms. The zero-order chi connectivity index (χ0) is 14.1. The summed E-state index contributed by atoms with van der Waals surface area (Å²) in [6, 6.07) is 4.32. The van der Waals surface area contributed by atoms with Crippen LogP contribution in [0, 0.1) is 20.8 Å². The van der Waals surface area contributed by atoms with Gasteiger partial charge in [-0.05, 0) is 62.9 Å². The number of aryl methyl sites for hydroxylation is 2. The first-order valence-corrected chi connectivity index (χ1v) is 7.05. The maximum atomic E-state index is 5.87. The maximum absolute atomic E-state index is 5.87. The molecule has 0 aromatic heterocycles. The van der Waals surface area contributed by atoms with Crippen LogP contribution in [0.3, 0.4) is 0 Å². The molecule has 0 radical (unpaired) electrons. The Morgan fingerprint density at radius 1 is 1.00 bits per heavy atom. The highest BCUT2D eigenvalue weighted by Crippen LogP contribution is 2.23. The van der Waals surface area contributed by atoms with Crippen LogP contribution in [0.1, 0.15) is 29.5 Å². The zero-order valence-electron chi connectivity index (χ0n) is 12.7. The molecular weight excluding hydrogens is 238 g/mol. The second-order valence-corrected chi connectivity index (χ2v) is 5.00. The third-order valence-corrected chi connectivity index (χ3v) is 3.25. The monoisotopic (exact) mass is 265 g/mol. The SMILES string of the molecule is COCCNCCCCOc1cc(C)cc(C)c1C. The fourth-order valence-corrected chi connectivity index (χ4v) is 1.98. The van der Waals surface area contributed by atoms with E-state index in [1.807, 2.05) is 0 Å². The summed E-state index contributed by atoms with van der Waals surface area (Å²) in [6.07, 6.45) is 2.21. The Morgan fingerprint density at radius 3 is 2.53 bits per heavy atom. The number of benzene rings is 1. The standard InChI is InChI=1S/C16H27NO2/c1-13-11-14(2)15(3)16(12-13)19-9-6-5-7-17-8-10-18-4/h11-12,17H,5-10H2,1-4H3. The minimum atomic E-state index is 0.776. The summed E-state index contributed by atoms with van der Waals surface area (Å²) in [7, 11) is 1.72. The van der Waals surface area contributed by atoms with Gasteiger partial charge in [0.05, 0.1) is 13.2 Å². The van der Waals surface area contributed by atoms with Crippen LogP contribution in [0.2, 0.25) is 0 Å². The highest BCUT2D eigenvalue weighted by Gasteiger charge is 2.03. The quantitative estimate of drug-likeness (QED) is 0.696. The van der Waals surface area contributed by atoms with Crippen molar-refractivity contribution in [2.45, 2.75) is 33.6 Å². The van der Waals surface area contributed by atoms with Gasteiger partial charge >= 0.3 is 0 Å². The lowest BCUT2D eigenvalue weighted by Gasteiger charge is -2.12. The molecule has 1 aromatic rings. The highest BCUT2D eigenvalue weighted by molar-refractivity contribution is 5.41. The number of nitrogens with one attached hydrogen (secondary N) is 1. The predicted molar refractivity (Wildman–Crippen MR) is 80.1 cm³/mol. The van der Waals surface area contributed by atoms with E-state index in [-0.39, 0.29) is 0 Å². The molecule has 1 rings (SSSR count). The third kappa shape index (κ3) is 6.08. The van der Waals surface area contributed by atoms with Crippen molar-refractivity contribution in [1.29, 1.82) is 0 Å². The van der Waals surface area contributed by atoms with Crippen LogP contribution < -0.4 is 10.1 Å². The lowest BCUT2D eigenvalue weighted by molar-refractivity contribution is 0.199. The first kappa shape index (κ1) is 16.0. The molecule has 0 aliphatic carbocycles. The molecule has 0 heterocycles. The Labute approximate surface area is 117 Å². The van der Waals surface area contributed by atoms with Gasteiger partial charge in [-0.2, -0.15) is 0 Å². The Balaban J connectivity index is 2.19. The lowest BCUT2D eigenvalue weighted by atomic mass is 10.1. The second-order valence-electron chi connectivity index (χ2n) is 5.00. The van der Waals surface area contributed by atoms with Crippen LogP contribution in [-0.2, 0) is 4.74 Å². The van der Waals surface area contributed by atoms with Crippen molar-refractivity contribution in [1.82, 2.24) is 5.32 Å². The zero-order valence-corrected chi connectivity index (χ0v) is 12.7. The molecule has 3 heteroatoms. The van der Waals surface area contributed by atoms with E-state index in [1.165, 1.54) is 16.7 Å². The molecule has 0 spiro atoms. The fourth-order valence-electron chi connectivity index (χ4n) is 1.98. The van der Waals surface area contributed by atoms with Crippen LogP contribution >= 0.6 is 0 Å². The van der Waals surface area contributed by atoms with E-state index in [0.717, 1.165) is 44.9 Å². The molecule has 0 fully saturated rings. The smallest absolute Gasteiger partial charge is 0.122 e. The van der Waals surface area contributed by atoms with Gasteiger partial charge in [0.2, 0.25) is 0 Å². The lowest BCUT2D eigenvalue weighted by Crippen LogP contribution is -2.20. The first-order valence-electron chi connectivity index (χ1n) is 7.05. The predicted octanol–water partition coefficient (Wildman–Crippen LogP) is 3.01. The topological polar surface area (TPSA) is 30.5 Å². The molecule has 0 saturated heterocycles. The van der Waals surface area contributed by atoms with E-state index in [1.54, 1.807) is 7.11 Å². The number of hydrogen-bond donors (Lipinski definition) is 1. The Morgan fingerprint density at radius 2 is 1.79 bits per heavy atom.